The van der Waals surface area contributed by atoms with Gasteiger partial charge in [-0.2, -0.15) is 5.26 Å². The van der Waals surface area contributed by atoms with Crippen LogP contribution < -0.4 is 5.32 Å². The summed E-state index contributed by atoms with van der Waals surface area (Å²) in [5.41, 5.74) is 0.422. The molecule has 0 bridgehead atoms. The highest BCUT2D eigenvalue weighted by molar-refractivity contribution is 5.99. The van der Waals surface area contributed by atoms with E-state index in [1.807, 2.05) is 6.07 Å². The van der Waals surface area contributed by atoms with Crippen LogP contribution in [0.15, 0.2) is 24.3 Å². The third-order valence-corrected chi connectivity index (χ3v) is 3.27. The van der Waals surface area contributed by atoms with Crippen LogP contribution >= 0.6 is 0 Å². The maximum absolute atomic E-state index is 12.3. The van der Waals surface area contributed by atoms with Gasteiger partial charge in [0.15, 0.2) is 0 Å². The molecule has 7 nitrogen and oxygen atoms in total. The molecule has 0 radical (unpaired) electrons. The number of carbonyl (C=O) groups is 3. The van der Waals surface area contributed by atoms with E-state index in [1.165, 1.54) is 38.5 Å². The lowest BCUT2D eigenvalue weighted by atomic mass is 9.98. The fraction of sp³-hybridized carbons (Fsp3) is 0.375. The van der Waals surface area contributed by atoms with Crippen molar-refractivity contribution >= 4 is 17.8 Å². The van der Waals surface area contributed by atoms with E-state index in [2.05, 4.69) is 14.8 Å². The largest absolute Gasteiger partial charge is 0.467 e. The van der Waals surface area contributed by atoms with Crippen molar-refractivity contribution in [3.8, 4) is 6.07 Å². The number of hydrogen-bond donors (Lipinski definition) is 1. The lowest BCUT2D eigenvalue weighted by Crippen LogP contribution is -2.45. The number of carbonyl (C=O) groups excluding carboxylic acids is 3. The maximum atomic E-state index is 12.3. The Balaban J connectivity index is 2.97. The second-order valence-electron chi connectivity index (χ2n) is 4.89. The molecule has 0 fully saturated rings. The number of esters is 2. The minimum absolute atomic E-state index is 0.0856. The smallest absolute Gasteiger partial charge is 0.337 e. The molecule has 0 aliphatic heterocycles. The standard InChI is InChI=1S/C16H18N2O5/c1-10(7-8-17)13(16(21)23-3)18-14(19)11-5-4-6-12(9-11)15(20)22-2/h4-6,9-10,13H,7H2,1-3H3,(H,18,19)/t10-,13-/m1/s1. The molecule has 1 aromatic rings. The summed E-state index contributed by atoms with van der Waals surface area (Å²) in [6.07, 6.45) is 0.0856. The number of nitriles is 1. The zero-order chi connectivity index (χ0) is 17.4. The first-order chi connectivity index (χ1) is 10.9. The predicted octanol–water partition coefficient (Wildman–Crippen LogP) is 1.29. The Hall–Kier alpha value is -2.88. The van der Waals surface area contributed by atoms with Crippen molar-refractivity contribution in [1.29, 1.82) is 5.26 Å². The Morgan fingerprint density at radius 1 is 1.22 bits per heavy atom. The molecule has 23 heavy (non-hydrogen) atoms. The molecule has 0 unspecified atom stereocenters. The summed E-state index contributed by atoms with van der Waals surface area (Å²) in [6.45, 7) is 1.66. The highest BCUT2D eigenvalue weighted by Crippen LogP contribution is 2.12. The lowest BCUT2D eigenvalue weighted by molar-refractivity contribution is -0.144. The summed E-state index contributed by atoms with van der Waals surface area (Å²) in [5, 5.41) is 11.3. The van der Waals surface area contributed by atoms with Crippen molar-refractivity contribution in [3.63, 3.8) is 0 Å². The number of hydrogen-bond acceptors (Lipinski definition) is 6. The van der Waals surface area contributed by atoms with E-state index in [-0.39, 0.29) is 17.5 Å². The fourth-order valence-electron chi connectivity index (χ4n) is 1.95. The molecule has 1 aromatic carbocycles. The zero-order valence-electron chi connectivity index (χ0n) is 13.2. The monoisotopic (exact) mass is 318 g/mol. The van der Waals surface area contributed by atoms with Gasteiger partial charge in [0.05, 0.1) is 25.9 Å². The molecule has 122 valence electrons. The van der Waals surface area contributed by atoms with Crippen molar-refractivity contribution in [1.82, 2.24) is 5.32 Å². The van der Waals surface area contributed by atoms with Gasteiger partial charge in [-0.1, -0.05) is 13.0 Å². The van der Waals surface area contributed by atoms with Gasteiger partial charge >= 0.3 is 11.9 Å². The molecule has 2 atom stereocenters. The Morgan fingerprint density at radius 2 is 1.87 bits per heavy atom. The molecule has 1 N–H and O–H groups in total. The molecule has 0 saturated carbocycles. The van der Waals surface area contributed by atoms with Gasteiger partial charge in [-0.05, 0) is 18.2 Å². The molecule has 0 saturated heterocycles. The summed E-state index contributed by atoms with van der Waals surface area (Å²) < 4.78 is 9.26. The van der Waals surface area contributed by atoms with Crippen molar-refractivity contribution in [2.24, 2.45) is 5.92 Å². The minimum Gasteiger partial charge on any atom is -0.467 e. The van der Waals surface area contributed by atoms with Gasteiger partial charge in [-0.25, -0.2) is 9.59 Å². The quantitative estimate of drug-likeness (QED) is 0.792. The van der Waals surface area contributed by atoms with Crippen LogP contribution in [0, 0.1) is 17.2 Å². The fourth-order valence-corrected chi connectivity index (χ4v) is 1.95. The average molecular weight is 318 g/mol. The normalized spacial score (nSPS) is 12.4. The van der Waals surface area contributed by atoms with Crippen LogP contribution in [0.5, 0.6) is 0 Å². The van der Waals surface area contributed by atoms with Crippen molar-refractivity contribution in [2.75, 3.05) is 14.2 Å². The Labute approximate surface area is 134 Å². The molecule has 0 aliphatic rings. The first-order valence-corrected chi connectivity index (χ1v) is 6.88. The van der Waals surface area contributed by atoms with Gasteiger partial charge in [0, 0.05) is 17.9 Å². The van der Waals surface area contributed by atoms with Crippen LogP contribution in [-0.4, -0.2) is 38.1 Å². The predicted molar refractivity (Wildman–Crippen MR) is 80.4 cm³/mol. The Bertz CT molecular complexity index is 636. The van der Waals surface area contributed by atoms with Crippen LogP contribution in [-0.2, 0) is 14.3 Å². The highest BCUT2D eigenvalue weighted by Gasteiger charge is 2.28. The Morgan fingerprint density at radius 3 is 2.43 bits per heavy atom. The topological polar surface area (TPSA) is 105 Å². The van der Waals surface area contributed by atoms with E-state index in [0.717, 1.165) is 0 Å². The number of amides is 1. The van der Waals surface area contributed by atoms with E-state index in [4.69, 9.17) is 5.26 Å². The number of methoxy groups -OCH3 is 2. The third kappa shape index (κ3) is 4.81. The molecule has 0 heterocycles. The first kappa shape index (κ1) is 18.2. The first-order valence-electron chi connectivity index (χ1n) is 6.88. The number of benzene rings is 1. The molecule has 0 aliphatic carbocycles. The van der Waals surface area contributed by atoms with E-state index in [0.29, 0.717) is 0 Å². The highest BCUT2D eigenvalue weighted by atomic mass is 16.5. The zero-order valence-corrected chi connectivity index (χ0v) is 13.2. The van der Waals surface area contributed by atoms with Crippen LogP contribution in [0.3, 0.4) is 0 Å². The van der Waals surface area contributed by atoms with Gasteiger partial charge < -0.3 is 14.8 Å². The average Bonchev–Trinajstić information content (AvgIpc) is 2.58. The summed E-state index contributed by atoms with van der Waals surface area (Å²) >= 11 is 0. The minimum atomic E-state index is -0.950. The second-order valence-corrected chi connectivity index (χ2v) is 4.89. The number of nitrogens with zero attached hydrogens (tertiary/aromatic N) is 1. The van der Waals surface area contributed by atoms with Crippen LogP contribution in [0.2, 0.25) is 0 Å². The summed E-state index contributed by atoms with van der Waals surface area (Å²) in [7, 11) is 2.45. The molecule has 1 amide bonds. The molecule has 0 aromatic heterocycles. The van der Waals surface area contributed by atoms with Crippen LogP contribution in [0.4, 0.5) is 0 Å². The second kappa shape index (κ2) is 8.54. The van der Waals surface area contributed by atoms with Crippen molar-refractivity contribution < 1.29 is 23.9 Å². The van der Waals surface area contributed by atoms with E-state index in [1.54, 1.807) is 6.92 Å². The lowest BCUT2D eigenvalue weighted by Gasteiger charge is -2.21. The molecule has 1 rings (SSSR count). The third-order valence-electron chi connectivity index (χ3n) is 3.27. The Kier molecular flexibility index (Phi) is 6.74. The van der Waals surface area contributed by atoms with E-state index >= 15 is 0 Å². The van der Waals surface area contributed by atoms with Crippen molar-refractivity contribution in [3.05, 3.63) is 35.4 Å². The van der Waals surface area contributed by atoms with Gasteiger partial charge in [-0.3, -0.25) is 4.79 Å². The van der Waals surface area contributed by atoms with Crippen molar-refractivity contribution in [2.45, 2.75) is 19.4 Å². The summed E-state index contributed by atoms with van der Waals surface area (Å²) in [4.78, 5) is 35.6. The van der Waals surface area contributed by atoms with E-state index < -0.39 is 29.8 Å². The van der Waals surface area contributed by atoms with Crippen LogP contribution in [0.25, 0.3) is 0 Å². The van der Waals surface area contributed by atoms with Gasteiger partial charge in [-0.15, -0.1) is 0 Å². The summed E-state index contributed by atoms with van der Waals surface area (Å²) in [6, 6.07) is 6.92. The number of ether oxygens (including phenoxy) is 2. The van der Waals surface area contributed by atoms with Crippen LogP contribution in [0.1, 0.15) is 34.1 Å². The molecule has 0 spiro atoms. The van der Waals surface area contributed by atoms with Gasteiger partial charge in [0.1, 0.15) is 6.04 Å². The maximum Gasteiger partial charge on any atom is 0.337 e. The SMILES string of the molecule is COC(=O)c1cccc(C(=O)N[C@@H](C(=O)OC)[C@H](C)CC#N)c1. The number of nitrogens with one attached hydrogen (secondary N) is 1. The van der Waals surface area contributed by atoms with Gasteiger partial charge in [0.25, 0.3) is 5.91 Å². The molecular formula is C16H18N2O5. The molecular weight excluding hydrogens is 300 g/mol. The number of rotatable bonds is 6. The summed E-state index contributed by atoms with van der Waals surface area (Å²) in [5.74, 6) is -2.16. The van der Waals surface area contributed by atoms with Gasteiger partial charge in [0.2, 0.25) is 0 Å². The molecule has 7 heteroatoms. The van der Waals surface area contributed by atoms with E-state index in [9.17, 15) is 14.4 Å².